The number of thiocarbonyl (C=S) groups is 1. The molecular formula is C28H33N3O2S. The molecule has 34 heavy (non-hydrogen) atoms. The molecule has 2 heterocycles. The van der Waals surface area contributed by atoms with Gasteiger partial charge in [0.25, 0.3) is 11.8 Å². The third kappa shape index (κ3) is 4.16. The van der Waals surface area contributed by atoms with Gasteiger partial charge in [-0.1, -0.05) is 19.1 Å². The summed E-state index contributed by atoms with van der Waals surface area (Å²) in [5, 5.41) is 2.79. The predicted octanol–water partition coefficient (Wildman–Crippen LogP) is 5.64. The molecule has 2 aliphatic heterocycles. The fraction of sp³-hybridized carbons (Fsp3) is 0.393. The van der Waals surface area contributed by atoms with Crippen molar-refractivity contribution in [2.75, 3.05) is 9.80 Å². The van der Waals surface area contributed by atoms with E-state index in [-0.39, 0.29) is 16.2 Å². The zero-order valence-electron chi connectivity index (χ0n) is 21.0. The van der Waals surface area contributed by atoms with Crippen LogP contribution in [0.1, 0.15) is 69.2 Å². The van der Waals surface area contributed by atoms with Gasteiger partial charge in [0.15, 0.2) is 5.11 Å². The zero-order valence-corrected chi connectivity index (χ0v) is 21.8. The Labute approximate surface area is 207 Å². The molecule has 4 rings (SSSR count). The van der Waals surface area contributed by atoms with Gasteiger partial charge in [-0.3, -0.25) is 19.8 Å². The van der Waals surface area contributed by atoms with Crippen molar-refractivity contribution in [1.29, 1.82) is 0 Å². The second kappa shape index (κ2) is 8.66. The summed E-state index contributed by atoms with van der Waals surface area (Å²) in [4.78, 5) is 30.1. The van der Waals surface area contributed by atoms with Crippen LogP contribution in [0.15, 0.2) is 42.0 Å². The second-order valence-electron chi connectivity index (χ2n) is 10.4. The van der Waals surface area contributed by atoms with Crippen molar-refractivity contribution in [3.63, 3.8) is 0 Å². The molecule has 0 bridgehead atoms. The first-order valence-corrected chi connectivity index (χ1v) is 12.2. The molecule has 2 aliphatic rings. The highest BCUT2D eigenvalue weighted by Gasteiger charge is 2.38. The number of nitrogens with one attached hydrogen (secondary N) is 1. The lowest BCUT2D eigenvalue weighted by atomic mass is 9.78. The van der Waals surface area contributed by atoms with Gasteiger partial charge in [-0.05, 0) is 119 Å². The maximum atomic E-state index is 13.4. The molecule has 1 atom stereocenters. The van der Waals surface area contributed by atoms with Gasteiger partial charge in [0.2, 0.25) is 0 Å². The van der Waals surface area contributed by atoms with Crippen molar-refractivity contribution in [1.82, 2.24) is 5.32 Å². The maximum Gasteiger partial charge on any atom is 0.270 e. The zero-order chi connectivity index (χ0) is 24.9. The van der Waals surface area contributed by atoms with Crippen LogP contribution < -0.4 is 15.1 Å². The molecule has 178 valence electrons. The normalized spacial score (nSPS) is 21.2. The molecule has 0 saturated carbocycles. The number of carbonyl (C=O) groups is 2. The number of hydrogen-bond donors (Lipinski definition) is 1. The van der Waals surface area contributed by atoms with Crippen molar-refractivity contribution < 1.29 is 9.59 Å². The van der Waals surface area contributed by atoms with E-state index in [2.05, 4.69) is 57.0 Å². The molecule has 0 aliphatic carbocycles. The highest BCUT2D eigenvalue weighted by molar-refractivity contribution is 7.80. The summed E-state index contributed by atoms with van der Waals surface area (Å²) < 4.78 is 0. The topological polar surface area (TPSA) is 52.7 Å². The van der Waals surface area contributed by atoms with Crippen LogP contribution in [0.4, 0.5) is 11.4 Å². The molecule has 6 heteroatoms. The van der Waals surface area contributed by atoms with Crippen LogP contribution in [0.3, 0.4) is 0 Å². The first-order chi connectivity index (χ1) is 15.9. The molecule has 2 aromatic rings. The Hall–Kier alpha value is -2.99. The second-order valence-corrected chi connectivity index (χ2v) is 10.8. The molecular weight excluding hydrogens is 442 g/mol. The molecule has 0 spiro atoms. The Morgan fingerprint density at radius 1 is 1.09 bits per heavy atom. The summed E-state index contributed by atoms with van der Waals surface area (Å²) in [6.07, 6.45) is 2.71. The number of benzene rings is 2. The number of aryl methyl sites for hydroxylation is 2. The Morgan fingerprint density at radius 3 is 2.44 bits per heavy atom. The van der Waals surface area contributed by atoms with Gasteiger partial charge >= 0.3 is 0 Å². The van der Waals surface area contributed by atoms with E-state index in [4.69, 9.17) is 12.2 Å². The van der Waals surface area contributed by atoms with Gasteiger partial charge < -0.3 is 4.90 Å². The quantitative estimate of drug-likeness (QED) is 0.355. The SMILES string of the molecule is Cc1ccc(N2C(=O)/C(=C/c3ccc4c(c3)C(C)CC(C)(C)N4C(C)C)C(=O)NC2=S)cc1C. The van der Waals surface area contributed by atoms with Crippen LogP contribution in [0, 0.1) is 13.8 Å². The minimum absolute atomic E-state index is 0.0577. The molecule has 2 amide bonds. The molecule has 1 fully saturated rings. The van der Waals surface area contributed by atoms with Crippen LogP contribution in [-0.2, 0) is 9.59 Å². The minimum Gasteiger partial charge on any atom is -0.364 e. The third-order valence-electron chi connectivity index (χ3n) is 6.98. The van der Waals surface area contributed by atoms with Gasteiger partial charge in [0, 0.05) is 17.3 Å². The molecule has 1 saturated heterocycles. The summed E-state index contributed by atoms with van der Waals surface area (Å²) >= 11 is 5.35. The minimum atomic E-state index is -0.467. The van der Waals surface area contributed by atoms with Crippen molar-refractivity contribution in [3.8, 4) is 0 Å². The third-order valence-corrected chi connectivity index (χ3v) is 7.26. The van der Waals surface area contributed by atoms with E-state index in [9.17, 15) is 9.59 Å². The first-order valence-electron chi connectivity index (χ1n) is 11.8. The molecule has 1 unspecified atom stereocenters. The van der Waals surface area contributed by atoms with E-state index in [1.807, 2.05) is 38.1 Å². The van der Waals surface area contributed by atoms with Crippen molar-refractivity contribution in [2.24, 2.45) is 0 Å². The van der Waals surface area contributed by atoms with Crippen LogP contribution in [0.2, 0.25) is 0 Å². The lowest BCUT2D eigenvalue weighted by molar-refractivity contribution is -0.122. The van der Waals surface area contributed by atoms with Crippen molar-refractivity contribution >= 4 is 46.6 Å². The smallest absolute Gasteiger partial charge is 0.270 e. The van der Waals surface area contributed by atoms with E-state index < -0.39 is 11.8 Å². The number of rotatable bonds is 3. The summed E-state index contributed by atoms with van der Waals surface area (Å²) in [6, 6.07) is 12.3. The summed E-state index contributed by atoms with van der Waals surface area (Å²) in [6.45, 7) is 15.3. The van der Waals surface area contributed by atoms with E-state index in [1.165, 1.54) is 16.2 Å². The Morgan fingerprint density at radius 2 is 1.79 bits per heavy atom. The van der Waals surface area contributed by atoms with Crippen LogP contribution in [0.5, 0.6) is 0 Å². The average molecular weight is 476 g/mol. The average Bonchev–Trinajstić information content (AvgIpc) is 2.73. The molecule has 2 aromatic carbocycles. The van der Waals surface area contributed by atoms with Crippen molar-refractivity contribution in [2.45, 2.75) is 72.4 Å². The number of carbonyl (C=O) groups excluding carboxylic acids is 2. The van der Waals surface area contributed by atoms with Gasteiger partial charge in [-0.25, -0.2) is 0 Å². The molecule has 5 nitrogen and oxygen atoms in total. The fourth-order valence-electron chi connectivity index (χ4n) is 5.46. The van der Waals surface area contributed by atoms with Gasteiger partial charge in [0.05, 0.1) is 5.69 Å². The largest absolute Gasteiger partial charge is 0.364 e. The number of amides is 2. The van der Waals surface area contributed by atoms with Gasteiger partial charge in [-0.2, -0.15) is 0 Å². The van der Waals surface area contributed by atoms with E-state index in [0.717, 1.165) is 23.1 Å². The highest BCUT2D eigenvalue weighted by Crippen LogP contribution is 2.44. The lowest BCUT2D eigenvalue weighted by Gasteiger charge is -2.50. The molecule has 1 N–H and O–H groups in total. The molecule has 0 aromatic heterocycles. The number of fused-ring (bicyclic) bond motifs is 1. The molecule has 0 radical (unpaired) electrons. The summed E-state index contributed by atoms with van der Waals surface area (Å²) in [5.74, 6) is -0.507. The highest BCUT2D eigenvalue weighted by atomic mass is 32.1. The lowest BCUT2D eigenvalue weighted by Crippen LogP contribution is -2.54. The Kier molecular flexibility index (Phi) is 6.15. The first kappa shape index (κ1) is 24.1. The number of anilines is 2. The van der Waals surface area contributed by atoms with Gasteiger partial charge in [-0.15, -0.1) is 0 Å². The van der Waals surface area contributed by atoms with E-state index in [1.54, 1.807) is 6.08 Å². The standard InChI is InChI=1S/C28H33N3O2S/c1-16(2)31-24-11-9-20(13-22(24)19(5)15-28(31,6)7)14-23-25(32)29-27(34)30(26(23)33)21-10-8-17(3)18(4)12-21/h8-14,16,19H,15H2,1-7H3,(H,29,32,34)/b23-14+. The summed E-state index contributed by atoms with van der Waals surface area (Å²) in [5.41, 5.74) is 6.26. The number of nitrogens with zero attached hydrogens (tertiary/aromatic N) is 2. The van der Waals surface area contributed by atoms with E-state index in [0.29, 0.717) is 17.6 Å². The van der Waals surface area contributed by atoms with Crippen LogP contribution in [-0.4, -0.2) is 28.5 Å². The van der Waals surface area contributed by atoms with Crippen LogP contribution in [0.25, 0.3) is 6.08 Å². The fourth-order valence-corrected chi connectivity index (χ4v) is 5.74. The van der Waals surface area contributed by atoms with Crippen LogP contribution >= 0.6 is 12.2 Å². The Bertz CT molecular complexity index is 1230. The Balaban J connectivity index is 1.74. The monoisotopic (exact) mass is 475 g/mol. The van der Waals surface area contributed by atoms with E-state index >= 15 is 0 Å². The summed E-state index contributed by atoms with van der Waals surface area (Å²) in [7, 11) is 0. The predicted molar refractivity (Wildman–Crippen MR) is 143 cm³/mol. The van der Waals surface area contributed by atoms with Crippen molar-refractivity contribution in [3.05, 3.63) is 64.2 Å². The van der Waals surface area contributed by atoms with Gasteiger partial charge in [0.1, 0.15) is 5.57 Å². The number of hydrogen-bond acceptors (Lipinski definition) is 4. The maximum absolute atomic E-state index is 13.4.